The highest BCUT2D eigenvalue weighted by molar-refractivity contribution is 6.36. The molecule has 1 aliphatic carbocycles. The van der Waals surface area contributed by atoms with Crippen molar-refractivity contribution in [3.05, 3.63) is 65.0 Å². The first-order chi connectivity index (χ1) is 17.1. The number of carbonyl (C=O) groups excluding carboxylic acids is 3. The van der Waals surface area contributed by atoms with E-state index in [1.54, 1.807) is 41.6 Å². The lowest BCUT2D eigenvalue weighted by Gasteiger charge is -2.37. The average Bonchev–Trinajstić information content (AvgIpc) is 3.64. The van der Waals surface area contributed by atoms with Crippen LogP contribution in [0, 0.1) is 0 Å². The topological polar surface area (TPSA) is 79.8 Å². The second-order valence-corrected chi connectivity index (χ2v) is 9.90. The smallest absolute Gasteiger partial charge is 0.271 e. The normalized spacial score (nSPS) is 23.2. The molecule has 1 aromatic carbocycles. The van der Waals surface area contributed by atoms with Crippen molar-refractivity contribution in [2.45, 2.75) is 50.7 Å². The summed E-state index contributed by atoms with van der Waals surface area (Å²) in [5.41, 5.74) is 3.48. The van der Waals surface area contributed by atoms with Crippen LogP contribution in [-0.2, 0) is 20.7 Å². The van der Waals surface area contributed by atoms with Gasteiger partial charge in [0.1, 0.15) is 5.76 Å². The number of piperidine rings is 1. The number of likely N-dealkylation sites (tertiary alicyclic amines) is 2. The van der Waals surface area contributed by atoms with Crippen molar-refractivity contribution >= 4 is 28.8 Å². The van der Waals surface area contributed by atoms with Crippen molar-refractivity contribution in [1.29, 1.82) is 0 Å². The molecule has 0 spiro atoms. The summed E-state index contributed by atoms with van der Waals surface area (Å²) in [4.78, 5) is 47.7. The lowest BCUT2D eigenvalue weighted by molar-refractivity contribution is -0.144. The molecule has 1 atom stereocenters. The van der Waals surface area contributed by atoms with Crippen LogP contribution < -0.4 is 0 Å². The first kappa shape index (κ1) is 22.2. The highest BCUT2D eigenvalue weighted by atomic mass is 16.5. The van der Waals surface area contributed by atoms with Crippen LogP contribution in [-0.4, -0.2) is 70.6 Å². The summed E-state index contributed by atoms with van der Waals surface area (Å²) in [6.07, 6.45) is 7.66. The van der Waals surface area contributed by atoms with E-state index in [1.807, 2.05) is 6.07 Å². The number of aryl methyl sites for hydroxylation is 1. The van der Waals surface area contributed by atoms with Gasteiger partial charge < -0.3 is 14.5 Å². The maximum absolute atomic E-state index is 13.7. The predicted molar refractivity (Wildman–Crippen MR) is 130 cm³/mol. The molecule has 180 valence electrons. The Balaban J connectivity index is 1.26. The van der Waals surface area contributed by atoms with Crippen LogP contribution >= 0.6 is 0 Å². The van der Waals surface area contributed by atoms with Gasteiger partial charge in [-0.3, -0.25) is 19.4 Å². The largest absolute Gasteiger partial charge is 0.471 e. The Morgan fingerprint density at radius 1 is 0.914 bits per heavy atom. The number of carbonyl (C=O) groups is 3. The molecular formula is C28H29N3O4. The number of rotatable bonds is 4. The van der Waals surface area contributed by atoms with Crippen LogP contribution in [0.3, 0.4) is 0 Å². The second-order valence-electron chi connectivity index (χ2n) is 9.90. The molecule has 0 bridgehead atoms. The Kier molecular flexibility index (Phi) is 5.72. The summed E-state index contributed by atoms with van der Waals surface area (Å²) in [6.45, 7) is 3.59. The number of nitrogens with zero attached hydrogens (tertiary/aromatic N) is 3. The summed E-state index contributed by atoms with van der Waals surface area (Å²) in [5, 5.41) is 0. The fraction of sp³-hybridized carbons (Fsp3) is 0.429. The van der Waals surface area contributed by atoms with E-state index in [-0.39, 0.29) is 17.5 Å². The van der Waals surface area contributed by atoms with Gasteiger partial charge in [-0.1, -0.05) is 18.2 Å². The molecule has 3 aliphatic heterocycles. The Bertz CT molecular complexity index is 1210. The molecule has 1 aromatic heterocycles. The molecule has 2 saturated heterocycles. The SMILES string of the molecule is O=C1CCc2cc(C3=C(c4ccncc4)OC(C(=O)N4CCC(N5CCCC5)CC4)C3=O)ccc21. The third-order valence-electron chi connectivity index (χ3n) is 7.86. The summed E-state index contributed by atoms with van der Waals surface area (Å²) >= 11 is 0. The maximum atomic E-state index is 13.7. The van der Waals surface area contributed by atoms with Gasteiger partial charge in [-0.15, -0.1) is 0 Å². The highest BCUT2D eigenvalue weighted by Gasteiger charge is 2.44. The third-order valence-corrected chi connectivity index (χ3v) is 7.86. The molecule has 6 rings (SSSR count). The van der Waals surface area contributed by atoms with Crippen molar-refractivity contribution in [1.82, 2.24) is 14.8 Å². The zero-order valence-corrected chi connectivity index (χ0v) is 19.7. The number of Topliss-reactive ketones (excluding diaryl/α,β-unsaturated/α-hetero) is 2. The number of benzene rings is 1. The minimum absolute atomic E-state index is 0.134. The second kappa shape index (κ2) is 9.04. The molecule has 7 nitrogen and oxygen atoms in total. The van der Waals surface area contributed by atoms with Crippen molar-refractivity contribution < 1.29 is 19.1 Å². The van der Waals surface area contributed by atoms with Crippen LogP contribution in [0.25, 0.3) is 11.3 Å². The van der Waals surface area contributed by atoms with E-state index >= 15 is 0 Å². The summed E-state index contributed by atoms with van der Waals surface area (Å²) in [6, 6.07) is 9.60. The van der Waals surface area contributed by atoms with Crippen molar-refractivity contribution in [3.63, 3.8) is 0 Å². The number of ketones is 2. The van der Waals surface area contributed by atoms with Crippen LogP contribution in [0.1, 0.15) is 59.2 Å². The van der Waals surface area contributed by atoms with Crippen molar-refractivity contribution in [2.75, 3.05) is 26.2 Å². The average molecular weight is 472 g/mol. The Morgan fingerprint density at radius 2 is 1.66 bits per heavy atom. The Morgan fingerprint density at radius 3 is 2.40 bits per heavy atom. The number of ether oxygens (including phenoxy) is 1. The molecule has 2 fully saturated rings. The number of hydrogen-bond acceptors (Lipinski definition) is 6. The number of aromatic nitrogens is 1. The monoisotopic (exact) mass is 471 g/mol. The molecule has 4 heterocycles. The number of amides is 1. The predicted octanol–water partition coefficient (Wildman–Crippen LogP) is 3.13. The van der Waals surface area contributed by atoms with E-state index in [0.717, 1.165) is 37.1 Å². The molecule has 1 amide bonds. The van der Waals surface area contributed by atoms with Gasteiger partial charge >= 0.3 is 0 Å². The zero-order valence-electron chi connectivity index (χ0n) is 19.7. The van der Waals surface area contributed by atoms with Crippen LogP contribution in [0.15, 0.2) is 42.7 Å². The summed E-state index contributed by atoms with van der Waals surface area (Å²) in [7, 11) is 0. The van der Waals surface area contributed by atoms with Gasteiger partial charge in [0.15, 0.2) is 5.78 Å². The summed E-state index contributed by atoms with van der Waals surface area (Å²) < 4.78 is 6.14. The van der Waals surface area contributed by atoms with E-state index in [0.29, 0.717) is 54.4 Å². The van der Waals surface area contributed by atoms with Crippen LogP contribution in [0.5, 0.6) is 0 Å². The minimum atomic E-state index is -1.17. The summed E-state index contributed by atoms with van der Waals surface area (Å²) in [5.74, 6) is -0.0261. The van der Waals surface area contributed by atoms with E-state index in [9.17, 15) is 14.4 Å². The fourth-order valence-electron chi connectivity index (χ4n) is 5.96. The van der Waals surface area contributed by atoms with Gasteiger partial charge in [-0.05, 0) is 68.5 Å². The molecule has 2 aromatic rings. The zero-order chi connectivity index (χ0) is 23.9. The molecule has 0 radical (unpaired) electrons. The van der Waals surface area contributed by atoms with Crippen LogP contribution in [0.4, 0.5) is 0 Å². The molecule has 0 saturated carbocycles. The lowest BCUT2D eigenvalue weighted by atomic mass is 9.94. The van der Waals surface area contributed by atoms with Gasteiger partial charge in [0.2, 0.25) is 11.9 Å². The van der Waals surface area contributed by atoms with E-state index < -0.39 is 6.10 Å². The van der Waals surface area contributed by atoms with Gasteiger partial charge in [0.25, 0.3) is 5.91 Å². The quantitative estimate of drug-likeness (QED) is 0.638. The first-order valence-electron chi connectivity index (χ1n) is 12.6. The number of fused-ring (bicyclic) bond motifs is 1. The molecule has 0 N–H and O–H groups in total. The van der Waals surface area contributed by atoms with Gasteiger partial charge in [0, 0.05) is 49.1 Å². The van der Waals surface area contributed by atoms with Crippen LogP contribution in [0.2, 0.25) is 0 Å². The molecule has 1 unspecified atom stereocenters. The Labute approximate surface area is 204 Å². The molecular weight excluding hydrogens is 442 g/mol. The van der Waals surface area contributed by atoms with Crippen molar-refractivity contribution in [3.8, 4) is 0 Å². The molecule has 4 aliphatic rings. The van der Waals surface area contributed by atoms with E-state index in [2.05, 4.69) is 9.88 Å². The van der Waals surface area contributed by atoms with Gasteiger partial charge in [-0.2, -0.15) is 0 Å². The standard InChI is InChI=1S/C28H29N3O4/c32-23-6-4-19-17-20(3-5-22(19)23)24-25(33)27(35-26(24)18-7-11-29-12-8-18)28(34)31-15-9-21(10-16-31)30-13-1-2-14-30/h3,5,7-8,11-12,17,21,27H,1-2,4,6,9-10,13-16H2. The molecule has 7 heteroatoms. The molecule has 35 heavy (non-hydrogen) atoms. The fourth-order valence-corrected chi connectivity index (χ4v) is 5.96. The van der Waals surface area contributed by atoms with Gasteiger partial charge in [-0.25, -0.2) is 0 Å². The van der Waals surface area contributed by atoms with E-state index in [1.165, 1.54) is 12.8 Å². The van der Waals surface area contributed by atoms with Gasteiger partial charge in [0.05, 0.1) is 5.57 Å². The lowest BCUT2D eigenvalue weighted by Crippen LogP contribution is -2.50. The highest BCUT2D eigenvalue weighted by Crippen LogP contribution is 2.38. The third kappa shape index (κ3) is 3.97. The number of pyridine rings is 1. The Hall–Kier alpha value is -3.32. The maximum Gasteiger partial charge on any atom is 0.271 e. The first-order valence-corrected chi connectivity index (χ1v) is 12.6. The minimum Gasteiger partial charge on any atom is -0.471 e. The number of hydrogen-bond donors (Lipinski definition) is 0. The van der Waals surface area contributed by atoms with E-state index in [4.69, 9.17) is 4.74 Å². The van der Waals surface area contributed by atoms with Crippen molar-refractivity contribution in [2.24, 2.45) is 0 Å².